The predicted molar refractivity (Wildman–Crippen MR) is 79.4 cm³/mol. The van der Waals surface area contributed by atoms with Crippen molar-refractivity contribution >= 4 is 0 Å². The van der Waals surface area contributed by atoms with E-state index in [0.29, 0.717) is 18.9 Å². The van der Waals surface area contributed by atoms with Gasteiger partial charge < -0.3 is 15.2 Å². The highest BCUT2D eigenvalue weighted by Crippen LogP contribution is 2.18. The lowest BCUT2D eigenvalue weighted by Gasteiger charge is -2.09. The van der Waals surface area contributed by atoms with Gasteiger partial charge in [0.15, 0.2) is 11.6 Å². The van der Waals surface area contributed by atoms with E-state index in [4.69, 9.17) is 9.84 Å². The van der Waals surface area contributed by atoms with E-state index < -0.39 is 0 Å². The molecule has 0 spiro atoms. The van der Waals surface area contributed by atoms with Gasteiger partial charge in [-0.05, 0) is 49.9 Å². The summed E-state index contributed by atoms with van der Waals surface area (Å²) in [6, 6.07) is 5.13. The molecule has 0 saturated carbocycles. The van der Waals surface area contributed by atoms with E-state index in [0.717, 1.165) is 44.2 Å². The molecule has 0 aliphatic heterocycles. The molecule has 0 radical (unpaired) electrons. The van der Waals surface area contributed by atoms with Gasteiger partial charge in [-0.1, -0.05) is 19.4 Å². The molecule has 0 unspecified atom stereocenters. The molecule has 4 heteroatoms. The number of rotatable bonds is 11. The quantitative estimate of drug-likeness (QED) is 0.613. The predicted octanol–water partition coefficient (Wildman–Crippen LogP) is 3.26. The number of aliphatic hydroxyl groups is 1. The van der Waals surface area contributed by atoms with E-state index in [2.05, 4.69) is 12.2 Å². The minimum absolute atomic E-state index is 0.239. The van der Waals surface area contributed by atoms with Crippen LogP contribution in [0.5, 0.6) is 5.75 Å². The van der Waals surface area contributed by atoms with Gasteiger partial charge in [0, 0.05) is 13.2 Å². The molecule has 0 aromatic heterocycles. The summed E-state index contributed by atoms with van der Waals surface area (Å²) < 4.78 is 19.2. The van der Waals surface area contributed by atoms with Gasteiger partial charge in [-0.3, -0.25) is 0 Å². The summed E-state index contributed by atoms with van der Waals surface area (Å²) in [5.74, 6) is 0.0301. The zero-order valence-electron chi connectivity index (χ0n) is 12.3. The van der Waals surface area contributed by atoms with Crippen LogP contribution in [0.25, 0.3) is 0 Å². The van der Waals surface area contributed by atoms with Gasteiger partial charge in [0.2, 0.25) is 0 Å². The topological polar surface area (TPSA) is 41.5 Å². The molecule has 1 aromatic rings. The standard InChI is InChI=1S/C16H26FNO2/c1-2-9-18-13-14-7-8-16(15(17)12-14)20-11-6-4-3-5-10-19/h7-8,12,18-19H,2-6,9-11,13H2,1H3. The molecule has 20 heavy (non-hydrogen) atoms. The molecular weight excluding hydrogens is 257 g/mol. The lowest BCUT2D eigenvalue weighted by Crippen LogP contribution is -2.13. The largest absolute Gasteiger partial charge is 0.491 e. The molecule has 0 aliphatic carbocycles. The Labute approximate surface area is 121 Å². The van der Waals surface area contributed by atoms with Crippen molar-refractivity contribution in [2.45, 2.75) is 45.6 Å². The second-order valence-electron chi connectivity index (χ2n) is 4.93. The molecule has 1 aromatic carbocycles. The Morgan fingerprint density at radius 3 is 2.70 bits per heavy atom. The van der Waals surface area contributed by atoms with E-state index in [-0.39, 0.29) is 12.4 Å². The maximum absolute atomic E-state index is 13.8. The van der Waals surface area contributed by atoms with E-state index in [1.54, 1.807) is 6.07 Å². The summed E-state index contributed by atoms with van der Waals surface area (Å²) in [6.07, 6.45) is 4.78. The summed E-state index contributed by atoms with van der Waals surface area (Å²) >= 11 is 0. The number of ether oxygens (including phenoxy) is 1. The minimum atomic E-state index is -0.295. The zero-order chi connectivity index (χ0) is 14.6. The highest BCUT2D eigenvalue weighted by Gasteiger charge is 2.04. The average Bonchev–Trinajstić information content (AvgIpc) is 2.45. The molecule has 0 saturated heterocycles. The van der Waals surface area contributed by atoms with Gasteiger partial charge >= 0.3 is 0 Å². The Kier molecular flexibility index (Phi) is 9.00. The van der Waals surface area contributed by atoms with Crippen LogP contribution in [0.2, 0.25) is 0 Å². The molecule has 0 bridgehead atoms. The van der Waals surface area contributed by atoms with Crippen LogP contribution in [-0.4, -0.2) is 24.9 Å². The van der Waals surface area contributed by atoms with Crippen molar-refractivity contribution in [2.24, 2.45) is 0 Å². The first-order valence-electron chi connectivity index (χ1n) is 7.50. The van der Waals surface area contributed by atoms with Gasteiger partial charge in [0.1, 0.15) is 0 Å². The van der Waals surface area contributed by atoms with Crippen LogP contribution in [0.3, 0.4) is 0 Å². The fourth-order valence-electron chi connectivity index (χ4n) is 1.93. The number of benzene rings is 1. The van der Waals surface area contributed by atoms with Gasteiger partial charge in [0.05, 0.1) is 6.61 Å². The van der Waals surface area contributed by atoms with Crippen molar-refractivity contribution in [1.82, 2.24) is 5.32 Å². The molecule has 1 rings (SSSR count). The van der Waals surface area contributed by atoms with Crippen molar-refractivity contribution in [3.05, 3.63) is 29.6 Å². The summed E-state index contributed by atoms with van der Waals surface area (Å²) in [4.78, 5) is 0. The van der Waals surface area contributed by atoms with Crippen LogP contribution in [0.15, 0.2) is 18.2 Å². The second-order valence-corrected chi connectivity index (χ2v) is 4.93. The SMILES string of the molecule is CCCNCc1ccc(OCCCCCCO)c(F)c1. The maximum Gasteiger partial charge on any atom is 0.165 e. The summed E-state index contributed by atoms with van der Waals surface area (Å²) in [5, 5.41) is 11.9. The maximum atomic E-state index is 13.8. The van der Waals surface area contributed by atoms with Crippen molar-refractivity contribution in [1.29, 1.82) is 0 Å². The number of aliphatic hydroxyl groups excluding tert-OH is 1. The number of halogens is 1. The number of unbranched alkanes of at least 4 members (excludes halogenated alkanes) is 3. The van der Waals surface area contributed by atoms with E-state index >= 15 is 0 Å². The van der Waals surface area contributed by atoms with Gasteiger partial charge in [0.25, 0.3) is 0 Å². The van der Waals surface area contributed by atoms with Crippen molar-refractivity contribution in [2.75, 3.05) is 19.8 Å². The molecule has 3 nitrogen and oxygen atoms in total. The first-order chi connectivity index (χ1) is 9.77. The molecule has 114 valence electrons. The van der Waals surface area contributed by atoms with E-state index in [9.17, 15) is 4.39 Å². The van der Waals surface area contributed by atoms with Gasteiger partial charge in [-0.25, -0.2) is 4.39 Å². The summed E-state index contributed by atoms with van der Waals surface area (Å²) in [7, 11) is 0. The third-order valence-electron chi connectivity index (χ3n) is 3.06. The third-order valence-corrected chi connectivity index (χ3v) is 3.06. The van der Waals surface area contributed by atoms with Crippen molar-refractivity contribution in [3.63, 3.8) is 0 Å². The highest BCUT2D eigenvalue weighted by atomic mass is 19.1. The molecule has 0 aliphatic rings. The fourth-order valence-corrected chi connectivity index (χ4v) is 1.93. The monoisotopic (exact) mass is 283 g/mol. The summed E-state index contributed by atoms with van der Waals surface area (Å²) in [6.45, 7) is 4.49. The Morgan fingerprint density at radius 2 is 2.00 bits per heavy atom. The molecule has 0 heterocycles. The number of nitrogens with one attached hydrogen (secondary N) is 1. The summed E-state index contributed by atoms with van der Waals surface area (Å²) in [5.41, 5.74) is 0.936. The Balaban J connectivity index is 2.28. The third kappa shape index (κ3) is 6.87. The van der Waals surface area contributed by atoms with Crippen LogP contribution >= 0.6 is 0 Å². The minimum Gasteiger partial charge on any atom is -0.491 e. The Hall–Kier alpha value is -1.13. The lowest BCUT2D eigenvalue weighted by molar-refractivity contribution is 0.269. The molecule has 0 amide bonds. The van der Waals surface area contributed by atoms with Crippen LogP contribution in [0, 0.1) is 5.82 Å². The number of hydrogen-bond donors (Lipinski definition) is 2. The lowest BCUT2D eigenvalue weighted by atomic mass is 10.2. The smallest absolute Gasteiger partial charge is 0.165 e. The van der Waals surface area contributed by atoms with Crippen molar-refractivity contribution in [3.8, 4) is 5.75 Å². The van der Waals surface area contributed by atoms with E-state index in [1.807, 2.05) is 6.07 Å². The Morgan fingerprint density at radius 1 is 1.20 bits per heavy atom. The molecule has 0 fully saturated rings. The first-order valence-corrected chi connectivity index (χ1v) is 7.50. The van der Waals surface area contributed by atoms with Crippen LogP contribution < -0.4 is 10.1 Å². The molecule has 2 N–H and O–H groups in total. The first kappa shape index (κ1) is 16.9. The van der Waals surface area contributed by atoms with Crippen LogP contribution in [0.4, 0.5) is 4.39 Å². The Bertz CT molecular complexity index is 371. The van der Waals surface area contributed by atoms with E-state index in [1.165, 1.54) is 6.07 Å². The second kappa shape index (κ2) is 10.6. The fraction of sp³-hybridized carbons (Fsp3) is 0.625. The zero-order valence-corrected chi connectivity index (χ0v) is 12.3. The van der Waals surface area contributed by atoms with Crippen LogP contribution in [0.1, 0.15) is 44.6 Å². The normalized spacial score (nSPS) is 10.8. The molecular formula is C16H26FNO2. The molecule has 0 atom stereocenters. The number of hydrogen-bond acceptors (Lipinski definition) is 3. The van der Waals surface area contributed by atoms with Gasteiger partial charge in [-0.15, -0.1) is 0 Å². The van der Waals surface area contributed by atoms with Crippen molar-refractivity contribution < 1.29 is 14.2 Å². The van der Waals surface area contributed by atoms with Crippen LogP contribution in [-0.2, 0) is 6.54 Å². The average molecular weight is 283 g/mol. The van der Waals surface area contributed by atoms with Gasteiger partial charge in [-0.2, -0.15) is 0 Å². The highest BCUT2D eigenvalue weighted by molar-refractivity contribution is 5.29.